The lowest BCUT2D eigenvalue weighted by Crippen LogP contribution is -2.55. The highest BCUT2D eigenvalue weighted by Gasteiger charge is 2.51. The van der Waals surface area contributed by atoms with E-state index in [1.54, 1.807) is 24.3 Å². The number of Topliss-reactive ketones (excluding diaryl/α,β-unsaturated/α-hetero) is 1. The zero-order valence-corrected chi connectivity index (χ0v) is 19.5. The number of para-hydroxylation sites is 1. The second-order valence-corrected chi connectivity index (χ2v) is 10.1. The van der Waals surface area contributed by atoms with Gasteiger partial charge in [0.2, 0.25) is 5.91 Å². The van der Waals surface area contributed by atoms with Gasteiger partial charge in [0, 0.05) is 35.8 Å². The fraction of sp³-hybridized carbons (Fsp3) is 0.481. The molecule has 0 unspecified atom stereocenters. The van der Waals surface area contributed by atoms with Crippen LogP contribution in [0.15, 0.2) is 48.5 Å². The summed E-state index contributed by atoms with van der Waals surface area (Å²) in [7, 11) is 0. The van der Waals surface area contributed by atoms with E-state index in [0.717, 1.165) is 37.2 Å². The SMILES string of the molecule is CC(=O)c1ccc(NC(=O)CN2CC[C@H]3O[C@H]4c5ccccc5OC(C)(C)[C@@H]4C[C@H]3C2)cc1. The molecule has 2 saturated heterocycles. The Labute approximate surface area is 195 Å². The second-order valence-electron chi connectivity index (χ2n) is 10.1. The molecular formula is C27H32N2O4. The third-order valence-corrected chi connectivity index (χ3v) is 7.43. The van der Waals surface area contributed by atoms with Crippen molar-refractivity contribution < 1.29 is 19.1 Å². The second kappa shape index (κ2) is 8.58. The van der Waals surface area contributed by atoms with E-state index in [1.165, 1.54) is 6.92 Å². The quantitative estimate of drug-likeness (QED) is 0.699. The van der Waals surface area contributed by atoms with Gasteiger partial charge in [-0.3, -0.25) is 14.5 Å². The molecule has 6 nitrogen and oxygen atoms in total. The van der Waals surface area contributed by atoms with Crippen LogP contribution in [0, 0.1) is 11.8 Å². The normalized spacial score (nSPS) is 28.0. The van der Waals surface area contributed by atoms with Gasteiger partial charge in [-0.15, -0.1) is 0 Å². The Balaban J connectivity index is 1.22. The molecular weight excluding hydrogens is 416 g/mol. The lowest BCUT2D eigenvalue weighted by molar-refractivity contribution is -0.187. The Hall–Kier alpha value is -2.70. The maximum atomic E-state index is 12.7. The molecule has 2 aromatic carbocycles. The molecule has 0 radical (unpaired) electrons. The van der Waals surface area contributed by atoms with Crippen molar-refractivity contribution in [1.82, 2.24) is 4.90 Å². The van der Waals surface area contributed by atoms with Gasteiger partial charge in [-0.25, -0.2) is 0 Å². The van der Waals surface area contributed by atoms with Crippen LogP contribution in [-0.2, 0) is 9.53 Å². The van der Waals surface area contributed by atoms with Gasteiger partial charge < -0.3 is 14.8 Å². The Kier molecular flexibility index (Phi) is 5.75. The minimum absolute atomic E-state index is 0.0164. The third-order valence-electron chi connectivity index (χ3n) is 7.43. The van der Waals surface area contributed by atoms with E-state index in [2.05, 4.69) is 36.2 Å². The Bertz CT molecular complexity index is 1050. The summed E-state index contributed by atoms with van der Waals surface area (Å²) in [6, 6.07) is 15.3. The number of ether oxygens (including phenoxy) is 2. The fourth-order valence-electron chi connectivity index (χ4n) is 5.67. The molecule has 0 saturated carbocycles. The standard InChI is InChI=1S/C27H32N2O4/c1-17(30)18-8-10-20(11-9-18)28-25(31)16-29-13-12-23-19(15-29)14-22-26(32-23)21-6-4-5-7-24(21)33-27(22,2)3/h4-11,19,22-23,26H,12-16H2,1-3H3,(H,28,31)/t19-,22+,23+,26-/m0/s1. The summed E-state index contributed by atoms with van der Waals surface area (Å²) in [5.74, 6) is 1.59. The largest absolute Gasteiger partial charge is 0.487 e. The maximum absolute atomic E-state index is 12.7. The lowest BCUT2D eigenvalue weighted by Gasteiger charge is -2.53. The van der Waals surface area contributed by atoms with Gasteiger partial charge >= 0.3 is 0 Å². The summed E-state index contributed by atoms with van der Waals surface area (Å²) in [4.78, 5) is 26.3. The van der Waals surface area contributed by atoms with Crippen LogP contribution in [-0.4, -0.2) is 47.9 Å². The zero-order valence-electron chi connectivity index (χ0n) is 19.5. The molecule has 3 aliphatic heterocycles. The van der Waals surface area contributed by atoms with Crippen LogP contribution in [0.1, 0.15) is 55.6 Å². The predicted molar refractivity (Wildman–Crippen MR) is 126 cm³/mol. The number of hydrogen-bond donors (Lipinski definition) is 1. The Morgan fingerprint density at radius 2 is 1.88 bits per heavy atom. The molecule has 0 spiro atoms. The van der Waals surface area contributed by atoms with Crippen molar-refractivity contribution in [1.29, 1.82) is 0 Å². The molecule has 3 aliphatic rings. The van der Waals surface area contributed by atoms with Crippen molar-refractivity contribution in [2.45, 2.75) is 51.4 Å². The number of carbonyl (C=O) groups is 2. The molecule has 0 bridgehead atoms. The smallest absolute Gasteiger partial charge is 0.238 e. The van der Waals surface area contributed by atoms with Crippen LogP contribution in [0.25, 0.3) is 0 Å². The highest BCUT2D eigenvalue weighted by molar-refractivity contribution is 5.96. The first-order valence-electron chi connectivity index (χ1n) is 11.9. The van der Waals surface area contributed by atoms with E-state index < -0.39 is 0 Å². The summed E-state index contributed by atoms with van der Waals surface area (Å²) >= 11 is 0. The van der Waals surface area contributed by atoms with Crippen molar-refractivity contribution in [3.63, 3.8) is 0 Å². The summed E-state index contributed by atoms with van der Waals surface area (Å²) in [6.07, 6.45) is 2.24. The van der Waals surface area contributed by atoms with Crippen molar-refractivity contribution in [3.8, 4) is 5.75 Å². The number of ketones is 1. The van der Waals surface area contributed by atoms with Crippen LogP contribution < -0.4 is 10.1 Å². The summed E-state index contributed by atoms with van der Waals surface area (Å²) < 4.78 is 13.1. The molecule has 5 rings (SSSR count). The number of rotatable bonds is 4. The van der Waals surface area contributed by atoms with Gasteiger partial charge in [-0.05, 0) is 69.9 Å². The van der Waals surface area contributed by atoms with Gasteiger partial charge in [0.05, 0.1) is 18.8 Å². The van der Waals surface area contributed by atoms with E-state index >= 15 is 0 Å². The molecule has 6 heteroatoms. The first kappa shape index (κ1) is 22.1. The molecule has 3 heterocycles. The van der Waals surface area contributed by atoms with Gasteiger partial charge in [0.25, 0.3) is 0 Å². The lowest BCUT2D eigenvalue weighted by atomic mass is 9.70. The first-order chi connectivity index (χ1) is 15.8. The Morgan fingerprint density at radius 3 is 2.64 bits per heavy atom. The van der Waals surface area contributed by atoms with E-state index in [0.29, 0.717) is 23.7 Å². The molecule has 1 N–H and O–H groups in total. The molecule has 174 valence electrons. The topological polar surface area (TPSA) is 67.9 Å². The van der Waals surface area contributed by atoms with Crippen molar-refractivity contribution >= 4 is 17.4 Å². The zero-order chi connectivity index (χ0) is 23.2. The average Bonchev–Trinajstić information content (AvgIpc) is 2.78. The van der Waals surface area contributed by atoms with Crippen LogP contribution >= 0.6 is 0 Å². The highest BCUT2D eigenvalue weighted by atomic mass is 16.5. The number of nitrogens with one attached hydrogen (secondary N) is 1. The minimum Gasteiger partial charge on any atom is -0.487 e. The summed E-state index contributed by atoms with van der Waals surface area (Å²) in [5, 5.41) is 2.95. The van der Waals surface area contributed by atoms with Crippen LogP contribution in [0.5, 0.6) is 5.75 Å². The molecule has 1 amide bonds. The summed E-state index contributed by atoms with van der Waals surface area (Å²) in [6.45, 7) is 7.91. The molecule has 0 aliphatic carbocycles. The van der Waals surface area contributed by atoms with Crippen LogP contribution in [0.3, 0.4) is 0 Å². The molecule has 2 fully saturated rings. The van der Waals surface area contributed by atoms with E-state index in [-0.39, 0.29) is 35.4 Å². The number of anilines is 1. The maximum Gasteiger partial charge on any atom is 0.238 e. The first-order valence-corrected chi connectivity index (χ1v) is 11.9. The van der Waals surface area contributed by atoms with Gasteiger partial charge in [-0.1, -0.05) is 18.2 Å². The number of carbonyl (C=O) groups excluding carboxylic acids is 2. The average molecular weight is 449 g/mol. The molecule has 4 atom stereocenters. The van der Waals surface area contributed by atoms with Gasteiger partial charge in [0.15, 0.2) is 5.78 Å². The van der Waals surface area contributed by atoms with E-state index in [9.17, 15) is 9.59 Å². The number of amides is 1. The third kappa shape index (κ3) is 4.42. The molecule has 2 aromatic rings. The number of piperidine rings is 1. The van der Waals surface area contributed by atoms with E-state index in [1.807, 2.05) is 12.1 Å². The van der Waals surface area contributed by atoms with Crippen molar-refractivity contribution in [2.24, 2.45) is 11.8 Å². The number of fused-ring (bicyclic) bond motifs is 4. The summed E-state index contributed by atoms with van der Waals surface area (Å²) in [5.41, 5.74) is 2.22. The highest BCUT2D eigenvalue weighted by Crippen LogP contribution is 2.52. The monoisotopic (exact) mass is 448 g/mol. The number of nitrogens with zero attached hydrogens (tertiary/aromatic N) is 1. The van der Waals surface area contributed by atoms with Crippen molar-refractivity contribution in [3.05, 3.63) is 59.7 Å². The molecule has 0 aromatic heterocycles. The van der Waals surface area contributed by atoms with E-state index in [4.69, 9.17) is 9.47 Å². The minimum atomic E-state index is -0.296. The number of likely N-dealkylation sites (tertiary alicyclic amines) is 1. The van der Waals surface area contributed by atoms with Gasteiger partial charge in [0.1, 0.15) is 11.4 Å². The van der Waals surface area contributed by atoms with Gasteiger partial charge in [-0.2, -0.15) is 0 Å². The number of benzene rings is 2. The fourth-order valence-corrected chi connectivity index (χ4v) is 5.67. The Morgan fingerprint density at radius 1 is 1.12 bits per heavy atom. The van der Waals surface area contributed by atoms with Crippen LogP contribution in [0.4, 0.5) is 5.69 Å². The molecule has 33 heavy (non-hydrogen) atoms. The van der Waals surface area contributed by atoms with Crippen molar-refractivity contribution in [2.75, 3.05) is 25.0 Å². The number of hydrogen-bond acceptors (Lipinski definition) is 5. The van der Waals surface area contributed by atoms with Crippen LogP contribution in [0.2, 0.25) is 0 Å². The predicted octanol–water partition coefficient (Wildman–Crippen LogP) is 4.47.